The van der Waals surface area contributed by atoms with Gasteiger partial charge in [0.1, 0.15) is 6.61 Å². The van der Waals surface area contributed by atoms with Crippen LogP contribution in [-0.2, 0) is 11.3 Å². The van der Waals surface area contributed by atoms with Crippen LogP contribution in [0.2, 0.25) is 0 Å². The van der Waals surface area contributed by atoms with Crippen LogP contribution in [0.4, 0.5) is 0 Å². The molecule has 0 spiro atoms. The SMILES string of the molecule is CC1COCCN1Cc1ccccc1C#CCO. The molecule has 1 atom stereocenters. The summed E-state index contributed by atoms with van der Waals surface area (Å²) in [7, 11) is 0. The minimum Gasteiger partial charge on any atom is -0.384 e. The number of hydrogen-bond donors (Lipinski definition) is 1. The van der Waals surface area contributed by atoms with Crippen molar-refractivity contribution in [3.8, 4) is 11.8 Å². The lowest BCUT2D eigenvalue weighted by molar-refractivity contribution is -0.00440. The second-order valence-corrected chi connectivity index (χ2v) is 4.51. The van der Waals surface area contributed by atoms with Gasteiger partial charge in [-0.25, -0.2) is 0 Å². The van der Waals surface area contributed by atoms with Crippen molar-refractivity contribution in [2.75, 3.05) is 26.4 Å². The lowest BCUT2D eigenvalue weighted by Crippen LogP contribution is -2.43. The molecule has 1 aliphatic rings. The van der Waals surface area contributed by atoms with Crippen LogP contribution in [0, 0.1) is 11.8 Å². The summed E-state index contributed by atoms with van der Waals surface area (Å²) < 4.78 is 5.44. The van der Waals surface area contributed by atoms with Gasteiger partial charge in [-0.1, -0.05) is 30.0 Å². The van der Waals surface area contributed by atoms with E-state index in [2.05, 4.69) is 29.7 Å². The average Bonchev–Trinajstić information content (AvgIpc) is 2.40. The van der Waals surface area contributed by atoms with E-state index in [0.717, 1.165) is 31.9 Å². The molecule has 1 aliphatic heterocycles. The molecule has 2 rings (SSSR count). The first kappa shape index (κ1) is 13.1. The summed E-state index contributed by atoms with van der Waals surface area (Å²) in [6.45, 7) is 5.53. The zero-order valence-corrected chi connectivity index (χ0v) is 10.7. The molecule has 18 heavy (non-hydrogen) atoms. The Hall–Kier alpha value is -1.34. The van der Waals surface area contributed by atoms with Crippen molar-refractivity contribution < 1.29 is 9.84 Å². The van der Waals surface area contributed by atoms with Gasteiger partial charge in [0.2, 0.25) is 0 Å². The molecular weight excluding hydrogens is 226 g/mol. The number of aliphatic hydroxyl groups is 1. The van der Waals surface area contributed by atoms with Gasteiger partial charge in [-0.3, -0.25) is 4.90 Å². The van der Waals surface area contributed by atoms with Crippen LogP contribution in [0.3, 0.4) is 0 Å². The minimum absolute atomic E-state index is 0.0949. The van der Waals surface area contributed by atoms with Gasteiger partial charge < -0.3 is 9.84 Å². The molecule has 96 valence electrons. The predicted octanol–water partition coefficient (Wildman–Crippen LogP) is 1.25. The van der Waals surface area contributed by atoms with Crippen LogP contribution in [-0.4, -0.2) is 42.4 Å². The molecule has 0 amide bonds. The number of aliphatic hydroxyl groups excluding tert-OH is 1. The zero-order valence-electron chi connectivity index (χ0n) is 10.7. The maximum absolute atomic E-state index is 8.78. The van der Waals surface area contributed by atoms with Gasteiger partial charge in [0.15, 0.2) is 0 Å². The molecule has 0 radical (unpaired) electrons. The molecule has 1 N–H and O–H groups in total. The highest BCUT2D eigenvalue weighted by Gasteiger charge is 2.19. The third-order valence-electron chi connectivity index (χ3n) is 3.20. The third-order valence-corrected chi connectivity index (χ3v) is 3.20. The molecule has 1 heterocycles. The normalized spacial score (nSPS) is 20.2. The van der Waals surface area contributed by atoms with E-state index in [1.54, 1.807) is 0 Å². The molecule has 1 aromatic carbocycles. The van der Waals surface area contributed by atoms with Gasteiger partial charge in [0, 0.05) is 24.7 Å². The Bertz CT molecular complexity index is 447. The summed E-state index contributed by atoms with van der Waals surface area (Å²) in [4.78, 5) is 2.41. The highest BCUT2D eigenvalue weighted by atomic mass is 16.5. The molecule has 0 aliphatic carbocycles. The monoisotopic (exact) mass is 245 g/mol. The molecule has 0 saturated carbocycles. The molecule has 1 saturated heterocycles. The van der Waals surface area contributed by atoms with Crippen LogP contribution in [0.25, 0.3) is 0 Å². The summed E-state index contributed by atoms with van der Waals surface area (Å²) in [6.07, 6.45) is 0. The van der Waals surface area contributed by atoms with E-state index < -0.39 is 0 Å². The van der Waals surface area contributed by atoms with Crippen molar-refractivity contribution in [1.82, 2.24) is 4.90 Å². The summed E-state index contributed by atoms with van der Waals surface area (Å²) in [5, 5.41) is 8.78. The Morgan fingerprint density at radius 2 is 2.28 bits per heavy atom. The van der Waals surface area contributed by atoms with Gasteiger partial charge in [-0.15, -0.1) is 0 Å². The number of ether oxygens (including phenoxy) is 1. The summed E-state index contributed by atoms with van der Waals surface area (Å²) >= 11 is 0. The van der Waals surface area contributed by atoms with Crippen LogP contribution in [0.1, 0.15) is 18.1 Å². The lowest BCUT2D eigenvalue weighted by atomic mass is 10.1. The topological polar surface area (TPSA) is 32.7 Å². The molecule has 0 bridgehead atoms. The predicted molar refractivity (Wildman–Crippen MR) is 71.1 cm³/mol. The minimum atomic E-state index is -0.0949. The molecule has 1 aromatic rings. The second-order valence-electron chi connectivity index (χ2n) is 4.51. The standard InChI is InChI=1S/C15H19NO2/c1-13-12-18-10-8-16(13)11-15-6-3-2-5-14(15)7-4-9-17/h2-3,5-6,13,17H,8-12H2,1H3. The molecule has 0 aromatic heterocycles. The Kier molecular flexibility index (Phi) is 4.77. The number of nitrogens with zero attached hydrogens (tertiary/aromatic N) is 1. The second kappa shape index (κ2) is 6.55. The molecule has 1 unspecified atom stereocenters. The van der Waals surface area contributed by atoms with Gasteiger partial charge >= 0.3 is 0 Å². The zero-order chi connectivity index (χ0) is 12.8. The molecule has 1 fully saturated rings. The van der Waals surface area contributed by atoms with Crippen molar-refractivity contribution in [3.63, 3.8) is 0 Å². The summed E-state index contributed by atoms with van der Waals surface area (Å²) in [5.74, 6) is 5.73. The van der Waals surface area contributed by atoms with Crippen LogP contribution in [0.5, 0.6) is 0 Å². The first-order valence-electron chi connectivity index (χ1n) is 6.30. The fourth-order valence-electron chi connectivity index (χ4n) is 2.13. The van der Waals surface area contributed by atoms with Crippen LogP contribution >= 0.6 is 0 Å². The largest absolute Gasteiger partial charge is 0.384 e. The van der Waals surface area contributed by atoms with Crippen molar-refractivity contribution >= 4 is 0 Å². The van der Waals surface area contributed by atoms with Gasteiger partial charge in [0.05, 0.1) is 13.2 Å². The van der Waals surface area contributed by atoms with E-state index in [9.17, 15) is 0 Å². The molecule has 3 nitrogen and oxygen atoms in total. The fraction of sp³-hybridized carbons (Fsp3) is 0.467. The van der Waals surface area contributed by atoms with Crippen molar-refractivity contribution in [1.29, 1.82) is 0 Å². The van der Waals surface area contributed by atoms with Gasteiger partial charge in [-0.05, 0) is 18.6 Å². The summed E-state index contributed by atoms with van der Waals surface area (Å²) in [6, 6.07) is 8.56. The van der Waals surface area contributed by atoms with E-state index in [4.69, 9.17) is 9.84 Å². The first-order chi connectivity index (χ1) is 8.81. The quantitative estimate of drug-likeness (QED) is 0.796. The Labute approximate surface area is 108 Å². The Morgan fingerprint density at radius 1 is 1.44 bits per heavy atom. The van der Waals surface area contributed by atoms with Crippen molar-refractivity contribution in [2.24, 2.45) is 0 Å². The van der Waals surface area contributed by atoms with Gasteiger partial charge in [-0.2, -0.15) is 0 Å². The van der Waals surface area contributed by atoms with E-state index >= 15 is 0 Å². The van der Waals surface area contributed by atoms with Crippen LogP contribution < -0.4 is 0 Å². The van der Waals surface area contributed by atoms with E-state index in [1.165, 1.54) is 5.56 Å². The third kappa shape index (κ3) is 3.33. The Balaban J connectivity index is 2.12. The molecular formula is C15H19NO2. The first-order valence-corrected chi connectivity index (χ1v) is 6.30. The fourth-order valence-corrected chi connectivity index (χ4v) is 2.13. The van der Waals surface area contributed by atoms with Crippen LogP contribution in [0.15, 0.2) is 24.3 Å². The maximum atomic E-state index is 8.78. The number of hydrogen-bond acceptors (Lipinski definition) is 3. The highest BCUT2D eigenvalue weighted by Crippen LogP contribution is 2.15. The Morgan fingerprint density at radius 3 is 3.06 bits per heavy atom. The number of morpholine rings is 1. The van der Waals surface area contributed by atoms with Crippen molar-refractivity contribution in [3.05, 3.63) is 35.4 Å². The lowest BCUT2D eigenvalue weighted by Gasteiger charge is -2.33. The van der Waals surface area contributed by atoms with Crippen molar-refractivity contribution in [2.45, 2.75) is 19.5 Å². The van der Waals surface area contributed by atoms with Gasteiger partial charge in [0.25, 0.3) is 0 Å². The van der Waals surface area contributed by atoms with E-state index in [0.29, 0.717) is 6.04 Å². The highest BCUT2D eigenvalue weighted by molar-refractivity contribution is 5.41. The summed E-state index contributed by atoms with van der Waals surface area (Å²) in [5.41, 5.74) is 2.22. The van der Waals surface area contributed by atoms with E-state index in [1.807, 2.05) is 18.2 Å². The number of rotatable bonds is 2. The molecule has 3 heteroatoms. The smallest absolute Gasteiger partial charge is 0.104 e. The van der Waals surface area contributed by atoms with E-state index in [-0.39, 0.29) is 6.61 Å². The maximum Gasteiger partial charge on any atom is 0.104 e. The average molecular weight is 245 g/mol. The number of benzene rings is 1.